The van der Waals surface area contributed by atoms with Gasteiger partial charge in [0.05, 0.1) is 6.42 Å². The van der Waals surface area contributed by atoms with Gasteiger partial charge in [0, 0.05) is 19.1 Å². The summed E-state index contributed by atoms with van der Waals surface area (Å²) in [5.41, 5.74) is 7.92. The average Bonchev–Trinajstić information content (AvgIpc) is 2.42. The zero-order chi connectivity index (χ0) is 14.5. The van der Waals surface area contributed by atoms with Crippen LogP contribution in [0.2, 0.25) is 0 Å². The van der Waals surface area contributed by atoms with Crippen LogP contribution in [-0.4, -0.2) is 35.1 Å². The van der Waals surface area contributed by atoms with Crippen LogP contribution in [-0.2, 0) is 17.8 Å². The number of hydrogen-bond acceptors (Lipinski definition) is 3. The second-order valence-corrected chi connectivity index (χ2v) is 5.83. The predicted molar refractivity (Wildman–Crippen MR) is 79.4 cm³/mol. The van der Waals surface area contributed by atoms with Gasteiger partial charge in [-0.05, 0) is 36.4 Å². The average molecular weight is 276 g/mol. The van der Waals surface area contributed by atoms with Crippen molar-refractivity contribution >= 4 is 5.97 Å². The highest BCUT2D eigenvalue weighted by Gasteiger charge is 2.25. The summed E-state index contributed by atoms with van der Waals surface area (Å²) in [5.74, 6) is -0.0471. The zero-order valence-electron chi connectivity index (χ0n) is 12.1. The fourth-order valence-electron chi connectivity index (χ4n) is 3.02. The van der Waals surface area contributed by atoms with Crippen molar-refractivity contribution in [1.29, 1.82) is 0 Å². The largest absolute Gasteiger partial charge is 0.481 e. The highest BCUT2D eigenvalue weighted by molar-refractivity contribution is 5.70. The van der Waals surface area contributed by atoms with E-state index in [4.69, 9.17) is 10.8 Å². The molecule has 1 aromatic carbocycles. The minimum Gasteiger partial charge on any atom is -0.481 e. The van der Waals surface area contributed by atoms with Crippen LogP contribution in [0.5, 0.6) is 0 Å². The third-order valence-electron chi connectivity index (χ3n) is 4.21. The molecule has 0 bridgehead atoms. The number of aliphatic carboxylic acids is 1. The van der Waals surface area contributed by atoms with E-state index in [2.05, 4.69) is 11.8 Å². The van der Waals surface area contributed by atoms with Gasteiger partial charge in [-0.2, -0.15) is 0 Å². The summed E-state index contributed by atoms with van der Waals surface area (Å²) in [6.07, 6.45) is 2.42. The molecule has 0 spiro atoms. The summed E-state index contributed by atoms with van der Waals surface area (Å²) in [6.45, 7) is 4.80. The number of carboxylic acid groups (broad SMARTS) is 1. The first-order chi connectivity index (χ1) is 9.60. The standard InChI is InChI=1S/C16H24N2O2/c1-12-6-7-18(15(8-12)10-17)11-14-5-3-2-4-13(14)9-16(19)20/h2-5,12,15H,6-11,17H2,1H3,(H,19,20). The Morgan fingerprint density at radius 1 is 1.40 bits per heavy atom. The van der Waals surface area contributed by atoms with Crippen molar-refractivity contribution in [3.63, 3.8) is 0 Å². The molecule has 110 valence electrons. The Morgan fingerprint density at radius 3 is 2.75 bits per heavy atom. The van der Waals surface area contributed by atoms with E-state index in [1.165, 1.54) is 6.42 Å². The molecule has 4 nitrogen and oxygen atoms in total. The zero-order valence-corrected chi connectivity index (χ0v) is 12.1. The van der Waals surface area contributed by atoms with Gasteiger partial charge in [-0.15, -0.1) is 0 Å². The molecule has 0 aliphatic carbocycles. The Morgan fingerprint density at radius 2 is 2.10 bits per heavy atom. The highest BCUT2D eigenvalue weighted by Crippen LogP contribution is 2.24. The van der Waals surface area contributed by atoms with Crippen LogP contribution in [0.4, 0.5) is 0 Å². The smallest absolute Gasteiger partial charge is 0.307 e. The molecule has 0 aromatic heterocycles. The van der Waals surface area contributed by atoms with E-state index in [-0.39, 0.29) is 6.42 Å². The van der Waals surface area contributed by atoms with Crippen LogP contribution in [0.3, 0.4) is 0 Å². The van der Waals surface area contributed by atoms with E-state index in [1.54, 1.807) is 0 Å². The topological polar surface area (TPSA) is 66.6 Å². The van der Waals surface area contributed by atoms with Crippen LogP contribution >= 0.6 is 0 Å². The summed E-state index contributed by atoms with van der Waals surface area (Å²) in [4.78, 5) is 13.3. The number of hydrogen-bond donors (Lipinski definition) is 2. The highest BCUT2D eigenvalue weighted by atomic mass is 16.4. The first kappa shape index (κ1) is 15.0. The third kappa shape index (κ3) is 3.81. The van der Waals surface area contributed by atoms with E-state index >= 15 is 0 Å². The number of carboxylic acids is 1. The number of piperidine rings is 1. The number of nitrogens with zero attached hydrogens (tertiary/aromatic N) is 1. The molecule has 1 fully saturated rings. The molecule has 1 aliphatic rings. The van der Waals surface area contributed by atoms with Crippen molar-refractivity contribution in [3.05, 3.63) is 35.4 Å². The summed E-state index contributed by atoms with van der Waals surface area (Å²) in [5, 5.41) is 9.00. The maximum absolute atomic E-state index is 10.9. The molecule has 3 N–H and O–H groups in total. The molecule has 1 saturated heterocycles. The molecule has 4 heteroatoms. The van der Waals surface area contributed by atoms with Gasteiger partial charge < -0.3 is 10.8 Å². The molecule has 0 radical (unpaired) electrons. The Kier molecular flexibility index (Phi) is 5.15. The van der Waals surface area contributed by atoms with Crippen LogP contribution in [0.15, 0.2) is 24.3 Å². The molecule has 1 aliphatic heterocycles. The van der Waals surface area contributed by atoms with Gasteiger partial charge in [-0.1, -0.05) is 31.2 Å². The lowest BCUT2D eigenvalue weighted by Gasteiger charge is -2.38. The van der Waals surface area contributed by atoms with Crippen molar-refractivity contribution in [2.24, 2.45) is 11.7 Å². The van der Waals surface area contributed by atoms with E-state index in [0.717, 1.165) is 36.6 Å². The fourth-order valence-corrected chi connectivity index (χ4v) is 3.02. The van der Waals surface area contributed by atoms with E-state index < -0.39 is 5.97 Å². The number of carbonyl (C=O) groups is 1. The molecular formula is C16H24N2O2. The van der Waals surface area contributed by atoms with Crippen molar-refractivity contribution in [2.45, 2.75) is 38.8 Å². The van der Waals surface area contributed by atoms with Crippen LogP contribution in [0, 0.1) is 5.92 Å². The number of rotatable bonds is 5. The van der Waals surface area contributed by atoms with E-state index in [9.17, 15) is 4.79 Å². The molecule has 20 heavy (non-hydrogen) atoms. The Bertz CT molecular complexity index is 462. The molecule has 1 heterocycles. The van der Waals surface area contributed by atoms with Gasteiger partial charge in [0.1, 0.15) is 0 Å². The Hall–Kier alpha value is -1.39. The van der Waals surface area contributed by atoms with Crippen molar-refractivity contribution in [1.82, 2.24) is 4.90 Å². The fraction of sp³-hybridized carbons (Fsp3) is 0.562. The first-order valence-corrected chi connectivity index (χ1v) is 7.32. The minimum absolute atomic E-state index is 0.0910. The lowest BCUT2D eigenvalue weighted by atomic mass is 9.91. The first-order valence-electron chi connectivity index (χ1n) is 7.32. The summed E-state index contributed by atoms with van der Waals surface area (Å²) in [6, 6.07) is 8.24. The minimum atomic E-state index is -0.778. The normalized spacial score (nSPS) is 23.7. The lowest BCUT2D eigenvalue weighted by Crippen LogP contribution is -2.45. The second kappa shape index (κ2) is 6.86. The molecule has 2 rings (SSSR count). The van der Waals surface area contributed by atoms with Gasteiger partial charge in [0.15, 0.2) is 0 Å². The van der Waals surface area contributed by atoms with Gasteiger partial charge >= 0.3 is 5.97 Å². The summed E-state index contributed by atoms with van der Waals surface area (Å²) < 4.78 is 0. The lowest BCUT2D eigenvalue weighted by molar-refractivity contribution is -0.136. The predicted octanol–water partition coefficient (Wildman–Crippen LogP) is 1.87. The van der Waals surface area contributed by atoms with Gasteiger partial charge in [-0.3, -0.25) is 9.69 Å². The number of nitrogens with two attached hydrogens (primary N) is 1. The second-order valence-electron chi connectivity index (χ2n) is 5.83. The molecule has 1 aromatic rings. The number of likely N-dealkylation sites (tertiary alicyclic amines) is 1. The Labute approximate surface area is 120 Å². The monoisotopic (exact) mass is 276 g/mol. The SMILES string of the molecule is CC1CCN(Cc2ccccc2CC(=O)O)C(CN)C1. The van der Waals surface area contributed by atoms with Crippen molar-refractivity contribution in [3.8, 4) is 0 Å². The maximum atomic E-state index is 10.9. The molecule has 2 atom stereocenters. The Balaban J connectivity index is 2.10. The van der Waals surface area contributed by atoms with Crippen LogP contribution in [0.25, 0.3) is 0 Å². The van der Waals surface area contributed by atoms with Crippen molar-refractivity contribution in [2.75, 3.05) is 13.1 Å². The summed E-state index contributed by atoms with van der Waals surface area (Å²) in [7, 11) is 0. The van der Waals surface area contributed by atoms with Crippen LogP contribution < -0.4 is 5.73 Å². The van der Waals surface area contributed by atoms with Gasteiger partial charge in [0.2, 0.25) is 0 Å². The molecular weight excluding hydrogens is 252 g/mol. The summed E-state index contributed by atoms with van der Waals surface area (Å²) >= 11 is 0. The van der Waals surface area contributed by atoms with Gasteiger partial charge in [-0.25, -0.2) is 0 Å². The molecule has 0 amide bonds. The van der Waals surface area contributed by atoms with Gasteiger partial charge in [0.25, 0.3) is 0 Å². The van der Waals surface area contributed by atoms with Crippen LogP contribution in [0.1, 0.15) is 30.9 Å². The maximum Gasteiger partial charge on any atom is 0.307 e. The van der Waals surface area contributed by atoms with Crippen molar-refractivity contribution < 1.29 is 9.90 Å². The quantitative estimate of drug-likeness (QED) is 0.861. The third-order valence-corrected chi connectivity index (χ3v) is 4.21. The van der Waals surface area contributed by atoms with E-state index in [1.807, 2.05) is 24.3 Å². The van der Waals surface area contributed by atoms with E-state index in [0.29, 0.717) is 12.6 Å². The number of benzene rings is 1. The molecule has 0 saturated carbocycles. The molecule has 2 unspecified atom stereocenters.